The minimum Gasteiger partial charge on any atom is -0.376 e. The number of hydrogen-bond acceptors (Lipinski definition) is 7. The van der Waals surface area contributed by atoms with Gasteiger partial charge < -0.3 is 15.0 Å². The molecule has 3 aromatic rings. The summed E-state index contributed by atoms with van der Waals surface area (Å²) in [4.78, 5) is 35.4. The molecule has 5 rings (SSSR count). The Kier molecular flexibility index (Phi) is 9.22. The molecule has 2 aliphatic rings. The number of rotatable bonds is 10. The molecule has 3 heterocycles. The maximum atomic E-state index is 13.4. The van der Waals surface area contributed by atoms with Gasteiger partial charge in [-0.2, -0.15) is 0 Å². The fourth-order valence-electron chi connectivity index (χ4n) is 5.02. The molecule has 38 heavy (non-hydrogen) atoms. The van der Waals surface area contributed by atoms with Gasteiger partial charge in [0.05, 0.1) is 22.8 Å². The summed E-state index contributed by atoms with van der Waals surface area (Å²) in [6.07, 6.45) is 2.96. The predicted molar refractivity (Wildman–Crippen MR) is 153 cm³/mol. The number of aromatic nitrogens is 2. The van der Waals surface area contributed by atoms with E-state index in [2.05, 4.69) is 21.2 Å². The molecule has 0 saturated carbocycles. The van der Waals surface area contributed by atoms with Crippen LogP contribution in [0.3, 0.4) is 0 Å². The first kappa shape index (κ1) is 27.0. The number of carbonyl (C=O) groups is 1. The fourth-order valence-corrected chi connectivity index (χ4v) is 6.06. The summed E-state index contributed by atoms with van der Waals surface area (Å²) in [6, 6.07) is 15.4. The molecule has 1 unspecified atom stereocenters. The van der Waals surface area contributed by atoms with Crippen molar-refractivity contribution in [3.05, 3.63) is 63.9 Å². The van der Waals surface area contributed by atoms with Crippen molar-refractivity contribution in [2.45, 2.75) is 37.1 Å². The summed E-state index contributed by atoms with van der Waals surface area (Å²) in [5.41, 5.74) is 1.77. The van der Waals surface area contributed by atoms with E-state index in [1.807, 2.05) is 42.5 Å². The van der Waals surface area contributed by atoms with Crippen LogP contribution in [0.4, 0.5) is 5.69 Å². The average Bonchev–Trinajstić information content (AvgIpc) is 3.46. The lowest BCUT2D eigenvalue weighted by Crippen LogP contribution is -2.46. The van der Waals surface area contributed by atoms with Crippen LogP contribution in [-0.2, 0) is 16.1 Å². The predicted octanol–water partition coefficient (Wildman–Crippen LogP) is 3.65. The third-order valence-corrected chi connectivity index (χ3v) is 8.32. The maximum Gasteiger partial charge on any atom is 0.262 e. The van der Waals surface area contributed by atoms with Crippen LogP contribution in [0.15, 0.2) is 58.5 Å². The second-order valence-corrected chi connectivity index (χ2v) is 11.1. The Bertz CT molecular complexity index is 1310. The average molecular weight is 556 g/mol. The molecule has 1 aromatic heterocycles. The molecule has 0 spiro atoms. The van der Waals surface area contributed by atoms with E-state index in [0.29, 0.717) is 29.1 Å². The summed E-state index contributed by atoms with van der Waals surface area (Å²) in [7, 11) is 0. The van der Waals surface area contributed by atoms with Gasteiger partial charge in [0.25, 0.3) is 5.56 Å². The van der Waals surface area contributed by atoms with Gasteiger partial charge in [-0.05, 0) is 56.1 Å². The van der Waals surface area contributed by atoms with E-state index in [4.69, 9.17) is 21.3 Å². The smallest absolute Gasteiger partial charge is 0.262 e. The van der Waals surface area contributed by atoms with Crippen molar-refractivity contribution in [1.29, 1.82) is 0 Å². The van der Waals surface area contributed by atoms with Crippen molar-refractivity contribution in [2.75, 3.05) is 56.5 Å². The molecule has 8 nitrogen and oxygen atoms in total. The number of piperazine rings is 1. The summed E-state index contributed by atoms with van der Waals surface area (Å²) in [5, 5.41) is 4.91. The second kappa shape index (κ2) is 13.0. The summed E-state index contributed by atoms with van der Waals surface area (Å²) >= 11 is 7.48. The number of halogens is 1. The minimum atomic E-state index is -0.0722. The molecule has 0 bridgehead atoms. The van der Waals surface area contributed by atoms with Crippen LogP contribution in [0, 0.1) is 0 Å². The molecule has 0 radical (unpaired) electrons. The van der Waals surface area contributed by atoms with E-state index in [1.54, 1.807) is 4.57 Å². The Balaban J connectivity index is 1.18. The monoisotopic (exact) mass is 555 g/mol. The Labute approximate surface area is 232 Å². The Morgan fingerprint density at radius 3 is 2.74 bits per heavy atom. The normalized spacial score (nSPS) is 18.2. The summed E-state index contributed by atoms with van der Waals surface area (Å²) < 4.78 is 7.32. The molecular formula is C28H34ClN5O3S. The van der Waals surface area contributed by atoms with Gasteiger partial charge in [0, 0.05) is 56.6 Å². The van der Waals surface area contributed by atoms with Crippen LogP contribution < -0.4 is 15.8 Å². The SMILES string of the molecule is O=C(CSc1nc2ccccc2c(=O)n1CCCN1CCN(c2cccc(Cl)c2)CC1)NCC1CCCO1. The number of fused-ring (bicyclic) bond motifs is 1. The highest BCUT2D eigenvalue weighted by molar-refractivity contribution is 7.99. The van der Waals surface area contributed by atoms with Crippen molar-refractivity contribution in [3.8, 4) is 0 Å². The topological polar surface area (TPSA) is 79.7 Å². The van der Waals surface area contributed by atoms with Gasteiger partial charge in [-0.3, -0.25) is 19.1 Å². The van der Waals surface area contributed by atoms with Crippen LogP contribution in [-0.4, -0.2) is 78.1 Å². The van der Waals surface area contributed by atoms with Crippen molar-refractivity contribution >= 4 is 45.9 Å². The lowest BCUT2D eigenvalue weighted by molar-refractivity contribution is -0.119. The Hall–Kier alpha value is -2.59. The highest BCUT2D eigenvalue weighted by Crippen LogP contribution is 2.21. The summed E-state index contributed by atoms with van der Waals surface area (Å²) in [5.74, 6) is 0.139. The maximum absolute atomic E-state index is 13.4. The van der Waals surface area contributed by atoms with E-state index >= 15 is 0 Å². The molecule has 2 aromatic carbocycles. The number of para-hydroxylation sites is 1. The molecule has 1 N–H and O–H groups in total. The molecule has 202 valence electrons. The Morgan fingerprint density at radius 2 is 1.95 bits per heavy atom. The highest BCUT2D eigenvalue weighted by atomic mass is 35.5. The molecule has 0 aliphatic carbocycles. The van der Waals surface area contributed by atoms with Crippen LogP contribution in [0.25, 0.3) is 10.9 Å². The van der Waals surface area contributed by atoms with E-state index in [-0.39, 0.29) is 23.3 Å². The van der Waals surface area contributed by atoms with Gasteiger partial charge in [0.15, 0.2) is 5.16 Å². The lowest BCUT2D eigenvalue weighted by atomic mass is 10.2. The van der Waals surface area contributed by atoms with Gasteiger partial charge in [-0.25, -0.2) is 4.98 Å². The lowest BCUT2D eigenvalue weighted by Gasteiger charge is -2.36. The first-order valence-corrected chi connectivity index (χ1v) is 14.7. The number of thioether (sulfide) groups is 1. The molecule has 10 heteroatoms. The third-order valence-electron chi connectivity index (χ3n) is 7.11. The molecule has 2 fully saturated rings. The largest absolute Gasteiger partial charge is 0.376 e. The van der Waals surface area contributed by atoms with Crippen molar-refractivity contribution in [1.82, 2.24) is 19.8 Å². The van der Waals surface area contributed by atoms with Crippen LogP contribution in [0.2, 0.25) is 5.02 Å². The second-order valence-electron chi connectivity index (χ2n) is 9.76. The van der Waals surface area contributed by atoms with E-state index in [9.17, 15) is 9.59 Å². The first-order valence-electron chi connectivity index (χ1n) is 13.3. The van der Waals surface area contributed by atoms with Crippen molar-refractivity contribution in [3.63, 3.8) is 0 Å². The van der Waals surface area contributed by atoms with Crippen molar-refractivity contribution < 1.29 is 9.53 Å². The standard InChI is InChI=1S/C28H34ClN5O3S/c29-21-6-3-7-22(18-21)33-15-13-32(14-16-33)11-5-12-34-27(36)24-9-1-2-10-25(24)31-28(34)38-20-26(35)30-19-23-8-4-17-37-23/h1-3,6-7,9-10,18,23H,4-5,8,11-17,19-20H2,(H,30,35). The third kappa shape index (κ3) is 6.88. The van der Waals surface area contributed by atoms with E-state index in [0.717, 1.165) is 69.3 Å². The van der Waals surface area contributed by atoms with Gasteiger partial charge in [-0.1, -0.05) is 41.6 Å². The summed E-state index contributed by atoms with van der Waals surface area (Å²) in [6.45, 7) is 6.56. The van der Waals surface area contributed by atoms with Crippen molar-refractivity contribution in [2.24, 2.45) is 0 Å². The molecule has 2 aliphatic heterocycles. The zero-order valence-corrected chi connectivity index (χ0v) is 23.1. The molecule has 1 amide bonds. The first-order chi connectivity index (χ1) is 18.6. The highest BCUT2D eigenvalue weighted by Gasteiger charge is 2.19. The number of nitrogens with zero attached hydrogens (tertiary/aromatic N) is 4. The Morgan fingerprint density at radius 1 is 1.11 bits per heavy atom. The molecule has 2 saturated heterocycles. The van der Waals surface area contributed by atoms with Crippen LogP contribution >= 0.6 is 23.4 Å². The van der Waals surface area contributed by atoms with Gasteiger partial charge >= 0.3 is 0 Å². The van der Waals surface area contributed by atoms with Gasteiger partial charge in [0.1, 0.15) is 0 Å². The van der Waals surface area contributed by atoms with E-state index in [1.165, 1.54) is 11.8 Å². The number of amides is 1. The molecule has 1 atom stereocenters. The quantitative estimate of drug-likeness (QED) is 0.302. The number of hydrogen-bond donors (Lipinski definition) is 1. The van der Waals surface area contributed by atoms with Crippen LogP contribution in [0.1, 0.15) is 19.3 Å². The zero-order valence-electron chi connectivity index (χ0n) is 21.5. The molecular weight excluding hydrogens is 522 g/mol. The zero-order chi connectivity index (χ0) is 26.3. The van der Waals surface area contributed by atoms with Crippen LogP contribution in [0.5, 0.6) is 0 Å². The number of ether oxygens (including phenoxy) is 1. The minimum absolute atomic E-state index is 0.0522. The van der Waals surface area contributed by atoms with E-state index < -0.39 is 0 Å². The van der Waals surface area contributed by atoms with Gasteiger partial charge in [-0.15, -0.1) is 0 Å². The number of carbonyl (C=O) groups excluding carboxylic acids is 1. The van der Waals surface area contributed by atoms with Gasteiger partial charge in [0.2, 0.25) is 5.91 Å². The number of anilines is 1. The number of nitrogens with one attached hydrogen (secondary N) is 1. The fraction of sp³-hybridized carbons (Fsp3) is 0.464. The number of benzene rings is 2.